The lowest BCUT2D eigenvalue weighted by atomic mass is 10.1. The molecule has 0 saturated carbocycles. The van der Waals surface area contributed by atoms with Gasteiger partial charge >= 0.3 is 0 Å². The smallest absolute Gasteiger partial charge is 0.265 e. The van der Waals surface area contributed by atoms with Crippen LogP contribution < -0.4 is 15.4 Å². The summed E-state index contributed by atoms with van der Waals surface area (Å²) in [5.41, 5.74) is 2.25. The fourth-order valence-corrected chi connectivity index (χ4v) is 3.60. The zero-order valence-electron chi connectivity index (χ0n) is 16.2. The number of hydrogen-bond acceptors (Lipinski definition) is 4. The van der Waals surface area contributed by atoms with Gasteiger partial charge in [0.2, 0.25) is 11.8 Å². The van der Waals surface area contributed by atoms with E-state index in [0.717, 1.165) is 6.42 Å². The van der Waals surface area contributed by atoms with Crippen molar-refractivity contribution in [3.8, 4) is 5.75 Å². The minimum Gasteiger partial charge on any atom is -0.479 e. The number of ether oxygens (including phenoxy) is 1. The van der Waals surface area contributed by atoms with Crippen LogP contribution in [0.3, 0.4) is 0 Å². The molecule has 29 heavy (non-hydrogen) atoms. The Morgan fingerprint density at radius 2 is 2.00 bits per heavy atom. The van der Waals surface area contributed by atoms with Gasteiger partial charge in [-0.3, -0.25) is 14.4 Å². The second-order valence-electron chi connectivity index (χ2n) is 7.43. The van der Waals surface area contributed by atoms with E-state index in [1.54, 1.807) is 30.0 Å². The Kier molecular flexibility index (Phi) is 5.20. The molecule has 1 fully saturated rings. The van der Waals surface area contributed by atoms with Crippen LogP contribution in [0.5, 0.6) is 5.75 Å². The van der Waals surface area contributed by atoms with Crippen LogP contribution in [0, 0.1) is 5.92 Å². The van der Waals surface area contributed by atoms with E-state index in [1.165, 1.54) is 5.56 Å². The van der Waals surface area contributed by atoms with E-state index < -0.39 is 6.10 Å². The minimum absolute atomic E-state index is 0.00109. The number of hydrogen-bond donors (Lipinski definition) is 2. The third-order valence-corrected chi connectivity index (χ3v) is 5.28. The highest BCUT2D eigenvalue weighted by atomic mass is 16.5. The first-order valence-electron chi connectivity index (χ1n) is 9.74. The molecule has 2 aliphatic heterocycles. The first-order chi connectivity index (χ1) is 14.0. The van der Waals surface area contributed by atoms with Crippen molar-refractivity contribution in [3.63, 3.8) is 0 Å². The van der Waals surface area contributed by atoms with Gasteiger partial charge in [0.25, 0.3) is 5.91 Å². The van der Waals surface area contributed by atoms with Crippen LogP contribution in [0.25, 0.3) is 0 Å². The van der Waals surface area contributed by atoms with Gasteiger partial charge in [0.15, 0.2) is 6.10 Å². The Labute approximate surface area is 169 Å². The van der Waals surface area contributed by atoms with Crippen molar-refractivity contribution in [2.45, 2.75) is 25.9 Å². The fourth-order valence-electron chi connectivity index (χ4n) is 3.60. The van der Waals surface area contributed by atoms with Crippen LogP contribution in [-0.4, -0.2) is 41.8 Å². The summed E-state index contributed by atoms with van der Waals surface area (Å²) in [5.74, 6) is -0.243. The molecule has 0 aliphatic carbocycles. The highest BCUT2D eigenvalue weighted by molar-refractivity contribution is 6.00. The average molecular weight is 393 g/mol. The molecule has 2 heterocycles. The average Bonchev–Trinajstić information content (AvgIpc) is 3.09. The minimum atomic E-state index is -0.547. The third kappa shape index (κ3) is 4.23. The summed E-state index contributed by atoms with van der Waals surface area (Å²) in [6, 6.07) is 15.1. The zero-order valence-corrected chi connectivity index (χ0v) is 16.2. The number of fused-ring (bicyclic) bond motifs is 1. The van der Waals surface area contributed by atoms with Gasteiger partial charge in [-0.05, 0) is 37.1 Å². The fraction of sp³-hybridized carbons (Fsp3) is 0.318. The number of nitrogens with zero attached hydrogens (tertiary/aromatic N) is 1. The van der Waals surface area contributed by atoms with Gasteiger partial charge in [-0.15, -0.1) is 0 Å². The van der Waals surface area contributed by atoms with Gasteiger partial charge in [-0.1, -0.05) is 30.3 Å². The number of carbonyl (C=O) groups excluding carboxylic acids is 3. The molecule has 4 rings (SSSR count). The maximum Gasteiger partial charge on any atom is 0.265 e. The van der Waals surface area contributed by atoms with Crippen molar-refractivity contribution >= 4 is 29.1 Å². The number of amides is 3. The van der Waals surface area contributed by atoms with E-state index in [0.29, 0.717) is 30.2 Å². The molecule has 0 aromatic heterocycles. The van der Waals surface area contributed by atoms with E-state index in [4.69, 9.17) is 4.74 Å². The lowest BCUT2D eigenvalue weighted by Gasteiger charge is -2.24. The largest absolute Gasteiger partial charge is 0.479 e. The second kappa shape index (κ2) is 7.95. The lowest BCUT2D eigenvalue weighted by Crippen LogP contribution is -2.34. The predicted molar refractivity (Wildman–Crippen MR) is 109 cm³/mol. The summed E-state index contributed by atoms with van der Waals surface area (Å²) >= 11 is 0. The van der Waals surface area contributed by atoms with Gasteiger partial charge in [-0.25, -0.2) is 0 Å². The van der Waals surface area contributed by atoms with Crippen LogP contribution in [0.4, 0.5) is 11.4 Å². The Morgan fingerprint density at radius 3 is 2.79 bits per heavy atom. The SMILES string of the molecule is C[C@H]1Oc2ccc(NC(=O)[C@@H]3CC(=O)N(CCc4ccccc4)C3)cc2NC1=O. The second-order valence-corrected chi connectivity index (χ2v) is 7.43. The summed E-state index contributed by atoms with van der Waals surface area (Å²) in [4.78, 5) is 38.5. The van der Waals surface area contributed by atoms with E-state index >= 15 is 0 Å². The molecule has 7 nitrogen and oxygen atoms in total. The highest BCUT2D eigenvalue weighted by Crippen LogP contribution is 2.32. The Bertz CT molecular complexity index is 944. The van der Waals surface area contributed by atoms with Gasteiger partial charge < -0.3 is 20.3 Å². The van der Waals surface area contributed by atoms with Crippen LogP contribution in [0.2, 0.25) is 0 Å². The number of rotatable bonds is 5. The van der Waals surface area contributed by atoms with Crippen molar-refractivity contribution in [1.29, 1.82) is 0 Å². The van der Waals surface area contributed by atoms with Gasteiger partial charge in [0, 0.05) is 25.2 Å². The number of nitrogens with one attached hydrogen (secondary N) is 2. The summed E-state index contributed by atoms with van der Waals surface area (Å²) in [6.07, 6.45) is 0.432. The van der Waals surface area contributed by atoms with E-state index in [2.05, 4.69) is 10.6 Å². The molecular weight excluding hydrogens is 370 g/mol. The van der Waals surface area contributed by atoms with Gasteiger partial charge in [-0.2, -0.15) is 0 Å². The summed E-state index contributed by atoms with van der Waals surface area (Å²) in [6.45, 7) is 2.70. The monoisotopic (exact) mass is 393 g/mol. The molecule has 0 radical (unpaired) electrons. The van der Waals surface area contributed by atoms with Crippen molar-refractivity contribution in [2.75, 3.05) is 23.7 Å². The first-order valence-corrected chi connectivity index (χ1v) is 9.74. The highest BCUT2D eigenvalue weighted by Gasteiger charge is 2.34. The van der Waals surface area contributed by atoms with Crippen LogP contribution in [0.15, 0.2) is 48.5 Å². The molecule has 2 aromatic carbocycles. The lowest BCUT2D eigenvalue weighted by molar-refractivity contribution is -0.128. The molecular formula is C22H23N3O4. The van der Waals surface area contributed by atoms with Crippen molar-refractivity contribution in [2.24, 2.45) is 5.92 Å². The van der Waals surface area contributed by atoms with Crippen molar-refractivity contribution in [3.05, 3.63) is 54.1 Å². The summed E-state index contributed by atoms with van der Waals surface area (Å²) in [5, 5.41) is 5.61. The molecule has 3 amide bonds. The molecule has 2 atom stereocenters. The Morgan fingerprint density at radius 1 is 1.21 bits per heavy atom. The molecule has 2 aliphatic rings. The normalized spacial score (nSPS) is 20.7. The maximum atomic E-state index is 12.7. The van der Waals surface area contributed by atoms with E-state index in [9.17, 15) is 14.4 Å². The first kappa shape index (κ1) is 19.0. The molecule has 2 aromatic rings. The maximum absolute atomic E-state index is 12.7. The van der Waals surface area contributed by atoms with Crippen LogP contribution in [0.1, 0.15) is 18.9 Å². The predicted octanol–water partition coefficient (Wildman–Crippen LogP) is 2.44. The Balaban J connectivity index is 1.35. The van der Waals surface area contributed by atoms with Gasteiger partial charge in [0.05, 0.1) is 11.6 Å². The van der Waals surface area contributed by atoms with E-state index in [-0.39, 0.29) is 30.1 Å². The van der Waals surface area contributed by atoms with Crippen LogP contribution in [-0.2, 0) is 20.8 Å². The zero-order chi connectivity index (χ0) is 20.4. The van der Waals surface area contributed by atoms with Gasteiger partial charge in [0.1, 0.15) is 5.75 Å². The third-order valence-electron chi connectivity index (χ3n) is 5.28. The van der Waals surface area contributed by atoms with Crippen LogP contribution >= 0.6 is 0 Å². The molecule has 1 saturated heterocycles. The van der Waals surface area contributed by atoms with Crippen molar-refractivity contribution < 1.29 is 19.1 Å². The molecule has 0 spiro atoms. The molecule has 150 valence electrons. The van der Waals surface area contributed by atoms with Crippen molar-refractivity contribution in [1.82, 2.24) is 4.90 Å². The quantitative estimate of drug-likeness (QED) is 0.817. The number of carbonyl (C=O) groups is 3. The summed E-state index contributed by atoms with van der Waals surface area (Å²) < 4.78 is 5.52. The molecule has 7 heteroatoms. The standard InChI is InChI=1S/C22H23N3O4/c1-14-21(27)24-18-12-17(7-8-19(18)29-14)23-22(28)16-11-20(26)25(13-16)10-9-15-5-3-2-4-6-15/h2-8,12,14,16H,9-11,13H2,1H3,(H,23,28)(H,24,27)/t14-,16-/m1/s1. The van der Waals surface area contributed by atoms with E-state index in [1.807, 2.05) is 30.3 Å². The topological polar surface area (TPSA) is 87.7 Å². The number of likely N-dealkylation sites (tertiary alicyclic amines) is 1. The summed E-state index contributed by atoms with van der Waals surface area (Å²) in [7, 11) is 0. The molecule has 2 N–H and O–H groups in total. The Hall–Kier alpha value is -3.35. The molecule has 0 bridgehead atoms. The number of anilines is 2. The number of benzene rings is 2. The molecule has 0 unspecified atom stereocenters.